The first-order valence-electron chi connectivity index (χ1n) is 10.6. The van der Waals surface area contributed by atoms with E-state index in [1.807, 2.05) is 48.5 Å². The van der Waals surface area contributed by atoms with Gasteiger partial charge in [-0.1, -0.05) is 30.3 Å². The molecule has 1 N–H and O–H groups in total. The molecule has 4 aromatic rings. The molecule has 1 aromatic carbocycles. The van der Waals surface area contributed by atoms with Crippen molar-refractivity contribution in [2.75, 3.05) is 20.1 Å². The van der Waals surface area contributed by atoms with Crippen molar-refractivity contribution in [3.8, 4) is 11.3 Å². The number of benzene rings is 1. The number of aromatic nitrogens is 3. The van der Waals surface area contributed by atoms with Crippen LogP contribution in [0.1, 0.15) is 29.0 Å². The molecule has 7 heteroatoms. The summed E-state index contributed by atoms with van der Waals surface area (Å²) < 4.78 is 7.27. The summed E-state index contributed by atoms with van der Waals surface area (Å²) in [4.78, 5) is 20.5. The first-order valence-corrected chi connectivity index (χ1v) is 10.6. The molecule has 0 atom stereocenters. The van der Waals surface area contributed by atoms with E-state index in [1.165, 1.54) is 0 Å². The summed E-state index contributed by atoms with van der Waals surface area (Å²) in [7, 11) is 2.12. The molecule has 7 nitrogen and oxygen atoms in total. The molecule has 0 radical (unpaired) electrons. The average molecular weight is 415 g/mol. The van der Waals surface area contributed by atoms with Gasteiger partial charge in [-0.15, -0.1) is 0 Å². The number of hydrogen-bond donors (Lipinski definition) is 1. The van der Waals surface area contributed by atoms with Gasteiger partial charge in [-0.3, -0.25) is 4.79 Å². The number of nitrogens with one attached hydrogen (secondary N) is 1. The number of likely N-dealkylation sites (tertiary alicyclic amines) is 1. The van der Waals surface area contributed by atoms with E-state index in [0.717, 1.165) is 48.3 Å². The number of rotatable bonds is 5. The van der Waals surface area contributed by atoms with Crippen molar-refractivity contribution in [3.63, 3.8) is 0 Å². The van der Waals surface area contributed by atoms with Crippen LogP contribution in [0.25, 0.3) is 22.3 Å². The summed E-state index contributed by atoms with van der Waals surface area (Å²) >= 11 is 0. The number of furan rings is 1. The van der Waals surface area contributed by atoms with E-state index < -0.39 is 0 Å². The fraction of sp³-hybridized carbons (Fsp3) is 0.292. The van der Waals surface area contributed by atoms with Crippen LogP contribution in [0.15, 0.2) is 65.4 Å². The smallest absolute Gasteiger partial charge is 0.252 e. The molecule has 0 saturated carbocycles. The zero-order valence-corrected chi connectivity index (χ0v) is 17.5. The van der Waals surface area contributed by atoms with E-state index in [4.69, 9.17) is 9.40 Å². The molecule has 5 rings (SSSR count). The van der Waals surface area contributed by atoms with Gasteiger partial charge in [0.25, 0.3) is 5.91 Å². The molecule has 0 aliphatic carbocycles. The molecule has 0 bridgehead atoms. The Morgan fingerprint density at radius 3 is 2.71 bits per heavy atom. The van der Waals surface area contributed by atoms with Crippen LogP contribution in [-0.4, -0.2) is 51.8 Å². The minimum absolute atomic E-state index is 0.0725. The fourth-order valence-corrected chi connectivity index (χ4v) is 4.07. The largest absolute Gasteiger partial charge is 0.467 e. The highest BCUT2D eigenvalue weighted by molar-refractivity contribution is 6.06. The fourth-order valence-electron chi connectivity index (χ4n) is 4.07. The van der Waals surface area contributed by atoms with Crippen molar-refractivity contribution in [1.29, 1.82) is 0 Å². The maximum absolute atomic E-state index is 13.3. The Bertz CT molecular complexity index is 1180. The highest BCUT2D eigenvalue weighted by atomic mass is 16.3. The molecule has 1 amide bonds. The van der Waals surface area contributed by atoms with E-state index in [0.29, 0.717) is 17.8 Å². The predicted molar refractivity (Wildman–Crippen MR) is 119 cm³/mol. The maximum Gasteiger partial charge on any atom is 0.252 e. The van der Waals surface area contributed by atoms with E-state index in [9.17, 15) is 4.79 Å². The lowest BCUT2D eigenvalue weighted by atomic mass is 10.0. The summed E-state index contributed by atoms with van der Waals surface area (Å²) in [6, 6.07) is 15.7. The van der Waals surface area contributed by atoms with Crippen LogP contribution in [0, 0.1) is 0 Å². The molecule has 158 valence electrons. The summed E-state index contributed by atoms with van der Waals surface area (Å²) in [5.41, 5.74) is 2.99. The lowest BCUT2D eigenvalue weighted by molar-refractivity contribution is 0.0918. The lowest BCUT2D eigenvalue weighted by Gasteiger charge is -2.29. The van der Waals surface area contributed by atoms with Crippen LogP contribution < -0.4 is 5.32 Å². The minimum Gasteiger partial charge on any atom is -0.467 e. The molecular formula is C24H25N5O2. The molecular weight excluding hydrogens is 390 g/mol. The summed E-state index contributed by atoms with van der Waals surface area (Å²) in [5.74, 6) is 0.714. The topological polar surface area (TPSA) is 76.2 Å². The number of piperidine rings is 1. The van der Waals surface area contributed by atoms with Gasteiger partial charge in [-0.05, 0) is 51.2 Å². The Morgan fingerprint density at radius 1 is 1.16 bits per heavy atom. The Labute approximate surface area is 180 Å². The van der Waals surface area contributed by atoms with Gasteiger partial charge in [-0.25, -0.2) is 9.67 Å². The maximum atomic E-state index is 13.3. The predicted octanol–water partition coefficient (Wildman–Crippen LogP) is 3.56. The van der Waals surface area contributed by atoms with E-state index in [1.54, 1.807) is 17.1 Å². The van der Waals surface area contributed by atoms with Gasteiger partial charge in [-0.2, -0.15) is 5.10 Å². The average Bonchev–Trinajstić information content (AvgIpc) is 3.46. The number of carbonyl (C=O) groups is 1. The van der Waals surface area contributed by atoms with Crippen molar-refractivity contribution >= 4 is 16.9 Å². The van der Waals surface area contributed by atoms with Gasteiger partial charge in [0.2, 0.25) is 0 Å². The van der Waals surface area contributed by atoms with Crippen molar-refractivity contribution in [3.05, 3.63) is 72.3 Å². The standard InChI is InChI=1S/C24H25N5O2/c1-28-11-9-18(10-12-28)26-24(30)20-14-22(17-6-3-2-4-7-17)27-23-21(20)15-25-29(23)16-19-8-5-13-31-19/h2-8,13-15,18H,9-12,16H2,1H3,(H,26,30). The van der Waals surface area contributed by atoms with E-state index in [2.05, 4.69) is 22.4 Å². The van der Waals surface area contributed by atoms with E-state index in [-0.39, 0.29) is 11.9 Å². The summed E-state index contributed by atoms with van der Waals surface area (Å²) in [6.45, 7) is 2.44. The second kappa shape index (κ2) is 8.35. The highest BCUT2D eigenvalue weighted by Gasteiger charge is 2.22. The molecule has 0 spiro atoms. The Kier molecular flexibility index (Phi) is 5.26. The molecule has 1 fully saturated rings. The van der Waals surface area contributed by atoms with Gasteiger partial charge >= 0.3 is 0 Å². The number of nitrogens with zero attached hydrogens (tertiary/aromatic N) is 4. The van der Waals surface area contributed by atoms with Crippen molar-refractivity contribution in [2.24, 2.45) is 0 Å². The van der Waals surface area contributed by atoms with Crippen LogP contribution in [0.5, 0.6) is 0 Å². The molecule has 3 aromatic heterocycles. The zero-order valence-electron chi connectivity index (χ0n) is 17.5. The van der Waals surface area contributed by atoms with Crippen molar-refractivity contribution in [1.82, 2.24) is 25.0 Å². The SMILES string of the molecule is CN1CCC(NC(=O)c2cc(-c3ccccc3)nc3c2cnn3Cc2ccco2)CC1. The summed E-state index contributed by atoms with van der Waals surface area (Å²) in [5, 5.41) is 8.49. The molecule has 0 unspecified atom stereocenters. The first kappa shape index (κ1) is 19.5. The third kappa shape index (κ3) is 4.09. The Balaban J connectivity index is 1.54. The number of carbonyl (C=O) groups excluding carboxylic acids is 1. The Hall–Kier alpha value is -3.45. The highest BCUT2D eigenvalue weighted by Crippen LogP contribution is 2.26. The lowest BCUT2D eigenvalue weighted by Crippen LogP contribution is -2.43. The van der Waals surface area contributed by atoms with Gasteiger partial charge in [0.1, 0.15) is 12.3 Å². The third-order valence-corrected chi connectivity index (χ3v) is 5.86. The second-order valence-corrected chi connectivity index (χ2v) is 8.09. The third-order valence-electron chi connectivity index (χ3n) is 5.86. The quantitative estimate of drug-likeness (QED) is 0.539. The first-order chi connectivity index (χ1) is 15.2. The number of pyridine rings is 1. The normalized spacial score (nSPS) is 15.4. The van der Waals surface area contributed by atoms with Crippen LogP contribution in [0.3, 0.4) is 0 Å². The van der Waals surface area contributed by atoms with Gasteiger partial charge in [0.05, 0.1) is 29.1 Å². The monoisotopic (exact) mass is 415 g/mol. The van der Waals surface area contributed by atoms with Crippen LogP contribution in [0.2, 0.25) is 0 Å². The zero-order chi connectivity index (χ0) is 21.2. The molecule has 4 heterocycles. The van der Waals surface area contributed by atoms with Crippen LogP contribution in [0.4, 0.5) is 0 Å². The van der Waals surface area contributed by atoms with Gasteiger partial charge in [0, 0.05) is 11.6 Å². The summed E-state index contributed by atoms with van der Waals surface area (Å²) in [6.07, 6.45) is 5.29. The van der Waals surface area contributed by atoms with Crippen molar-refractivity contribution in [2.45, 2.75) is 25.4 Å². The minimum atomic E-state index is -0.0725. The second-order valence-electron chi connectivity index (χ2n) is 8.09. The molecule has 1 aliphatic rings. The van der Waals surface area contributed by atoms with Crippen LogP contribution >= 0.6 is 0 Å². The molecule has 1 aliphatic heterocycles. The number of fused-ring (bicyclic) bond motifs is 1. The van der Waals surface area contributed by atoms with Crippen LogP contribution in [-0.2, 0) is 6.54 Å². The molecule has 31 heavy (non-hydrogen) atoms. The molecule has 1 saturated heterocycles. The number of amides is 1. The van der Waals surface area contributed by atoms with Gasteiger partial charge in [0.15, 0.2) is 5.65 Å². The number of hydrogen-bond acceptors (Lipinski definition) is 5. The van der Waals surface area contributed by atoms with E-state index >= 15 is 0 Å². The Morgan fingerprint density at radius 2 is 1.97 bits per heavy atom. The van der Waals surface area contributed by atoms with Crippen molar-refractivity contribution < 1.29 is 9.21 Å². The van der Waals surface area contributed by atoms with Gasteiger partial charge < -0.3 is 14.6 Å².